The molecule has 0 spiro atoms. The Bertz CT molecular complexity index is 476. The molecule has 2 aromatic rings. The molecule has 0 saturated heterocycles. The highest BCUT2D eigenvalue weighted by molar-refractivity contribution is 5.45. The van der Waals surface area contributed by atoms with Crippen LogP contribution in [-0.4, -0.2) is 12.6 Å². The number of hydrogen-bond donors (Lipinski definition) is 2. The minimum Gasteiger partial charge on any atom is -0.381 e. The maximum absolute atomic E-state index is 5.85. The molecule has 2 aromatic carbocycles. The van der Waals surface area contributed by atoms with Gasteiger partial charge in [-0.1, -0.05) is 48.0 Å². The highest BCUT2D eigenvalue weighted by Crippen LogP contribution is 2.12. The Morgan fingerprint density at radius 1 is 1.00 bits per heavy atom. The van der Waals surface area contributed by atoms with Gasteiger partial charge in [0, 0.05) is 18.3 Å². The summed E-state index contributed by atoms with van der Waals surface area (Å²) in [5, 5.41) is 3.50. The topological polar surface area (TPSA) is 38.0 Å². The molecular formula is C17H22N2. The van der Waals surface area contributed by atoms with Crippen molar-refractivity contribution in [2.45, 2.75) is 25.8 Å². The van der Waals surface area contributed by atoms with Gasteiger partial charge in [0.2, 0.25) is 0 Å². The zero-order valence-electron chi connectivity index (χ0n) is 11.5. The average Bonchev–Trinajstić information content (AvgIpc) is 2.46. The van der Waals surface area contributed by atoms with Gasteiger partial charge in [-0.3, -0.25) is 0 Å². The second-order valence-corrected chi connectivity index (χ2v) is 4.97. The molecule has 2 rings (SSSR count). The Morgan fingerprint density at radius 2 is 1.68 bits per heavy atom. The lowest BCUT2D eigenvalue weighted by Gasteiger charge is -2.18. The molecule has 0 aliphatic rings. The smallest absolute Gasteiger partial charge is 0.0386 e. The summed E-state index contributed by atoms with van der Waals surface area (Å²) in [7, 11) is 0. The molecule has 0 aliphatic heterocycles. The summed E-state index contributed by atoms with van der Waals surface area (Å²) in [5.41, 5.74) is 9.64. The Labute approximate surface area is 115 Å². The van der Waals surface area contributed by atoms with Crippen molar-refractivity contribution in [3.8, 4) is 0 Å². The summed E-state index contributed by atoms with van der Waals surface area (Å²) in [6.45, 7) is 2.75. The maximum Gasteiger partial charge on any atom is 0.0386 e. The summed E-state index contributed by atoms with van der Waals surface area (Å²) in [4.78, 5) is 0. The van der Waals surface area contributed by atoms with Crippen LogP contribution in [0.1, 0.15) is 17.5 Å². The van der Waals surface area contributed by atoms with Gasteiger partial charge in [0.05, 0.1) is 0 Å². The number of nitrogens with one attached hydrogen (secondary N) is 1. The molecule has 3 N–H and O–H groups in total. The lowest BCUT2D eigenvalue weighted by molar-refractivity contribution is 0.660. The molecule has 2 nitrogen and oxygen atoms in total. The van der Waals surface area contributed by atoms with E-state index in [1.807, 2.05) is 0 Å². The zero-order chi connectivity index (χ0) is 13.5. The number of rotatable bonds is 6. The van der Waals surface area contributed by atoms with Gasteiger partial charge >= 0.3 is 0 Å². The molecule has 2 heteroatoms. The van der Waals surface area contributed by atoms with Crippen LogP contribution >= 0.6 is 0 Å². The summed E-state index contributed by atoms with van der Waals surface area (Å²) < 4.78 is 0. The van der Waals surface area contributed by atoms with Crippen LogP contribution < -0.4 is 11.1 Å². The van der Waals surface area contributed by atoms with Gasteiger partial charge in [-0.05, 0) is 37.5 Å². The zero-order valence-corrected chi connectivity index (χ0v) is 11.5. The van der Waals surface area contributed by atoms with Crippen LogP contribution in [0.5, 0.6) is 0 Å². The fourth-order valence-electron chi connectivity index (χ4n) is 2.12. The van der Waals surface area contributed by atoms with Crippen molar-refractivity contribution in [2.24, 2.45) is 5.73 Å². The van der Waals surface area contributed by atoms with Crippen LogP contribution in [0, 0.1) is 6.92 Å². The minimum absolute atomic E-state index is 0.322. The van der Waals surface area contributed by atoms with E-state index >= 15 is 0 Å². The van der Waals surface area contributed by atoms with Gasteiger partial charge in [-0.25, -0.2) is 0 Å². The van der Waals surface area contributed by atoms with Gasteiger partial charge in [-0.15, -0.1) is 0 Å². The van der Waals surface area contributed by atoms with Crippen LogP contribution in [0.15, 0.2) is 54.6 Å². The standard InChI is InChI=1S/C17H22N2/c1-14-7-10-16(11-8-14)19-17(13-18)12-9-15-5-3-2-4-6-15/h2-8,10-11,17,19H,9,12-13,18H2,1H3. The Kier molecular flexibility index (Phi) is 4.99. The van der Waals surface area contributed by atoms with Crippen molar-refractivity contribution in [3.63, 3.8) is 0 Å². The molecule has 0 fully saturated rings. The molecule has 100 valence electrons. The summed E-state index contributed by atoms with van der Waals surface area (Å²) in [6, 6.07) is 19.3. The highest BCUT2D eigenvalue weighted by atomic mass is 14.9. The molecule has 1 atom stereocenters. The van der Waals surface area contributed by atoms with Crippen molar-refractivity contribution < 1.29 is 0 Å². The number of aryl methyl sites for hydroxylation is 2. The summed E-state index contributed by atoms with van der Waals surface area (Å²) >= 11 is 0. The van der Waals surface area contributed by atoms with E-state index in [0.717, 1.165) is 18.5 Å². The van der Waals surface area contributed by atoms with E-state index in [1.54, 1.807) is 0 Å². The van der Waals surface area contributed by atoms with E-state index in [1.165, 1.54) is 11.1 Å². The number of nitrogens with two attached hydrogens (primary N) is 1. The number of hydrogen-bond acceptors (Lipinski definition) is 2. The number of anilines is 1. The molecule has 0 saturated carbocycles. The van der Waals surface area contributed by atoms with E-state index in [0.29, 0.717) is 12.6 Å². The summed E-state index contributed by atoms with van der Waals surface area (Å²) in [6.07, 6.45) is 2.11. The van der Waals surface area contributed by atoms with Crippen molar-refractivity contribution in [3.05, 3.63) is 65.7 Å². The highest BCUT2D eigenvalue weighted by Gasteiger charge is 2.06. The van der Waals surface area contributed by atoms with Crippen molar-refractivity contribution in [1.82, 2.24) is 0 Å². The van der Waals surface area contributed by atoms with E-state index in [4.69, 9.17) is 5.73 Å². The van der Waals surface area contributed by atoms with Crippen LogP contribution in [-0.2, 0) is 6.42 Å². The third-order valence-corrected chi connectivity index (χ3v) is 3.33. The van der Waals surface area contributed by atoms with Crippen molar-refractivity contribution >= 4 is 5.69 Å². The lowest BCUT2D eigenvalue weighted by Crippen LogP contribution is -2.29. The van der Waals surface area contributed by atoms with Crippen LogP contribution in [0.3, 0.4) is 0 Å². The van der Waals surface area contributed by atoms with E-state index in [2.05, 4.69) is 66.8 Å². The van der Waals surface area contributed by atoms with Gasteiger partial charge in [-0.2, -0.15) is 0 Å². The van der Waals surface area contributed by atoms with Crippen LogP contribution in [0.4, 0.5) is 5.69 Å². The predicted molar refractivity (Wildman–Crippen MR) is 82.4 cm³/mol. The van der Waals surface area contributed by atoms with Crippen molar-refractivity contribution in [2.75, 3.05) is 11.9 Å². The van der Waals surface area contributed by atoms with E-state index in [9.17, 15) is 0 Å². The molecule has 1 unspecified atom stereocenters. The largest absolute Gasteiger partial charge is 0.381 e. The molecule has 0 bridgehead atoms. The number of benzene rings is 2. The second kappa shape index (κ2) is 6.95. The quantitative estimate of drug-likeness (QED) is 0.829. The average molecular weight is 254 g/mol. The first-order valence-electron chi connectivity index (χ1n) is 6.85. The van der Waals surface area contributed by atoms with E-state index < -0.39 is 0 Å². The molecule has 0 heterocycles. The Morgan fingerprint density at radius 3 is 2.32 bits per heavy atom. The lowest BCUT2D eigenvalue weighted by atomic mass is 10.0. The molecule has 0 aromatic heterocycles. The van der Waals surface area contributed by atoms with Gasteiger partial charge in [0.25, 0.3) is 0 Å². The SMILES string of the molecule is Cc1ccc(NC(CN)CCc2ccccc2)cc1. The first kappa shape index (κ1) is 13.6. The molecule has 0 aliphatic carbocycles. The third kappa shape index (κ3) is 4.42. The van der Waals surface area contributed by atoms with Gasteiger partial charge in [0.1, 0.15) is 0 Å². The maximum atomic E-state index is 5.85. The van der Waals surface area contributed by atoms with Crippen LogP contribution in [0.2, 0.25) is 0 Å². The second-order valence-electron chi connectivity index (χ2n) is 4.97. The van der Waals surface area contributed by atoms with E-state index in [-0.39, 0.29) is 0 Å². The Hall–Kier alpha value is -1.80. The summed E-state index contributed by atoms with van der Waals surface area (Å²) in [5.74, 6) is 0. The first-order valence-corrected chi connectivity index (χ1v) is 6.85. The molecule has 19 heavy (non-hydrogen) atoms. The molecular weight excluding hydrogens is 232 g/mol. The minimum atomic E-state index is 0.322. The first-order chi connectivity index (χ1) is 9.28. The fourth-order valence-corrected chi connectivity index (χ4v) is 2.12. The monoisotopic (exact) mass is 254 g/mol. The van der Waals surface area contributed by atoms with Gasteiger partial charge in [0.15, 0.2) is 0 Å². The van der Waals surface area contributed by atoms with Crippen molar-refractivity contribution in [1.29, 1.82) is 0 Å². The molecule has 0 amide bonds. The molecule has 0 radical (unpaired) electrons. The van der Waals surface area contributed by atoms with Gasteiger partial charge < -0.3 is 11.1 Å². The fraction of sp³-hybridized carbons (Fsp3) is 0.294. The van der Waals surface area contributed by atoms with Crippen LogP contribution in [0.25, 0.3) is 0 Å². The predicted octanol–water partition coefficient (Wildman–Crippen LogP) is 3.37. The Balaban J connectivity index is 1.88. The third-order valence-electron chi connectivity index (χ3n) is 3.33. The normalized spacial score (nSPS) is 12.1.